The Hall–Kier alpha value is -1.56. The van der Waals surface area contributed by atoms with Crippen LogP contribution in [-0.4, -0.2) is 31.7 Å². The standard InChI is InChI=1S/C16H20N2O3.ClH/c1-11(15-8-12-4-2-3-5-14(12)21-15)18-16(19)9-13-10-20-7-6-17-13;/h2-5,8,11,13,17H,6-7,9-10H2,1H3,(H,18,19);1H. The molecular formula is C16H21ClN2O3. The van der Waals surface area contributed by atoms with Crippen LogP contribution in [-0.2, 0) is 9.53 Å². The molecule has 120 valence electrons. The van der Waals surface area contributed by atoms with Gasteiger partial charge in [-0.2, -0.15) is 0 Å². The van der Waals surface area contributed by atoms with Crippen molar-refractivity contribution in [2.24, 2.45) is 0 Å². The molecule has 5 nitrogen and oxygen atoms in total. The number of amides is 1. The number of carbonyl (C=O) groups is 1. The lowest BCUT2D eigenvalue weighted by Crippen LogP contribution is -2.44. The average molecular weight is 325 g/mol. The number of benzene rings is 1. The van der Waals surface area contributed by atoms with Gasteiger partial charge in [-0.15, -0.1) is 12.4 Å². The summed E-state index contributed by atoms with van der Waals surface area (Å²) < 4.78 is 11.1. The molecule has 2 aromatic rings. The Morgan fingerprint density at radius 3 is 3.00 bits per heavy atom. The van der Waals surface area contributed by atoms with Crippen LogP contribution in [0.2, 0.25) is 0 Å². The van der Waals surface area contributed by atoms with Gasteiger partial charge in [-0.3, -0.25) is 4.79 Å². The minimum atomic E-state index is -0.144. The first-order valence-electron chi connectivity index (χ1n) is 7.31. The highest BCUT2D eigenvalue weighted by molar-refractivity contribution is 5.85. The molecule has 1 aliphatic heterocycles. The zero-order valence-electron chi connectivity index (χ0n) is 12.5. The molecule has 1 aromatic heterocycles. The van der Waals surface area contributed by atoms with Crippen LogP contribution < -0.4 is 10.6 Å². The normalized spacial score (nSPS) is 19.4. The molecule has 2 heterocycles. The molecule has 0 spiro atoms. The van der Waals surface area contributed by atoms with E-state index in [-0.39, 0.29) is 30.4 Å². The third kappa shape index (κ3) is 4.00. The Balaban J connectivity index is 0.00000176. The molecule has 0 bridgehead atoms. The van der Waals surface area contributed by atoms with Crippen molar-refractivity contribution in [2.45, 2.75) is 25.4 Å². The Labute approximate surface area is 135 Å². The summed E-state index contributed by atoms with van der Waals surface area (Å²) in [5, 5.41) is 7.30. The summed E-state index contributed by atoms with van der Waals surface area (Å²) in [7, 11) is 0. The molecule has 1 aromatic carbocycles. The fourth-order valence-corrected chi connectivity index (χ4v) is 2.56. The summed E-state index contributed by atoms with van der Waals surface area (Å²) in [5.74, 6) is 0.781. The van der Waals surface area contributed by atoms with Gasteiger partial charge in [-0.05, 0) is 19.1 Å². The molecule has 1 fully saturated rings. The first-order valence-corrected chi connectivity index (χ1v) is 7.31. The summed E-state index contributed by atoms with van der Waals surface area (Å²) in [6.07, 6.45) is 0.421. The maximum absolute atomic E-state index is 12.1. The number of para-hydroxylation sites is 1. The van der Waals surface area contributed by atoms with Crippen molar-refractivity contribution in [2.75, 3.05) is 19.8 Å². The lowest BCUT2D eigenvalue weighted by Gasteiger charge is -2.23. The average Bonchev–Trinajstić information content (AvgIpc) is 2.92. The van der Waals surface area contributed by atoms with E-state index in [4.69, 9.17) is 9.15 Å². The molecule has 22 heavy (non-hydrogen) atoms. The van der Waals surface area contributed by atoms with Gasteiger partial charge in [0.15, 0.2) is 0 Å². The van der Waals surface area contributed by atoms with Crippen LogP contribution in [0.15, 0.2) is 34.7 Å². The van der Waals surface area contributed by atoms with Crippen LogP contribution >= 0.6 is 12.4 Å². The fourth-order valence-electron chi connectivity index (χ4n) is 2.56. The zero-order chi connectivity index (χ0) is 14.7. The van der Waals surface area contributed by atoms with E-state index < -0.39 is 0 Å². The molecule has 0 aliphatic carbocycles. The number of carbonyl (C=O) groups excluding carboxylic acids is 1. The number of morpholine rings is 1. The number of nitrogens with one attached hydrogen (secondary N) is 2. The first kappa shape index (κ1) is 16.8. The van der Waals surface area contributed by atoms with E-state index in [2.05, 4.69) is 10.6 Å². The predicted octanol–water partition coefficient (Wildman–Crippen LogP) is 2.41. The molecule has 1 saturated heterocycles. The van der Waals surface area contributed by atoms with Crippen molar-refractivity contribution < 1.29 is 13.9 Å². The van der Waals surface area contributed by atoms with Gasteiger partial charge in [-0.25, -0.2) is 0 Å². The van der Waals surface area contributed by atoms with Gasteiger partial charge in [0.2, 0.25) is 5.91 Å². The molecule has 2 unspecified atom stereocenters. The Morgan fingerprint density at radius 1 is 1.45 bits per heavy atom. The minimum Gasteiger partial charge on any atom is -0.459 e. The van der Waals surface area contributed by atoms with Crippen LogP contribution in [0.1, 0.15) is 25.1 Å². The van der Waals surface area contributed by atoms with E-state index >= 15 is 0 Å². The van der Waals surface area contributed by atoms with Gasteiger partial charge in [-0.1, -0.05) is 18.2 Å². The maximum Gasteiger partial charge on any atom is 0.222 e. The van der Waals surface area contributed by atoms with E-state index in [9.17, 15) is 4.79 Å². The number of hydrogen-bond donors (Lipinski definition) is 2. The van der Waals surface area contributed by atoms with Crippen molar-refractivity contribution in [3.05, 3.63) is 36.1 Å². The molecule has 2 N–H and O–H groups in total. The van der Waals surface area contributed by atoms with Crippen LogP contribution in [0.5, 0.6) is 0 Å². The summed E-state index contributed by atoms with van der Waals surface area (Å²) in [4.78, 5) is 12.1. The van der Waals surface area contributed by atoms with Gasteiger partial charge in [0, 0.05) is 24.4 Å². The summed E-state index contributed by atoms with van der Waals surface area (Å²) >= 11 is 0. The van der Waals surface area contributed by atoms with Gasteiger partial charge in [0.1, 0.15) is 11.3 Å². The second-order valence-corrected chi connectivity index (χ2v) is 5.41. The molecule has 0 radical (unpaired) electrons. The second kappa shape index (κ2) is 7.63. The number of fused-ring (bicyclic) bond motifs is 1. The van der Waals surface area contributed by atoms with E-state index in [1.165, 1.54) is 0 Å². The number of ether oxygens (including phenoxy) is 1. The molecule has 6 heteroatoms. The molecule has 0 saturated carbocycles. The quantitative estimate of drug-likeness (QED) is 0.906. The monoisotopic (exact) mass is 324 g/mol. The van der Waals surface area contributed by atoms with Crippen molar-refractivity contribution in [1.82, 2.24) is 10.6 Å². The van der Waals surface area contributed by atoms with Crippen LogP contribution in [0, 0.1) is 0 Å². The smallest absolute Gasteiger partial charge is 0.222 e. The molecule has 1 aliphatic rings. The Kier molecular flexibility index (Phi) is 5.83. The van der Waals surface area contributed by atoms with E-state index in [0.717, 1.165) is 23.3 Å². The van der Waals surface area contributed by atoms with Crippen molar-refractivity contribution >= 4 is 29.3 Å². The zero-order valence-corrected chi connectivity index (χ0v) is 13.3. The highest BCUT2D eigenvalue weighted by Gasteiger charge is 2.19. The summed E-state index contributed by atoms with van der Waals surface area (Å²) in [6.45, 7) is 4.04. The van der Waals surface area contributed by atoms with Gasteiger partial charge >= 0.3 is 0 Å². The van der Waals surface area contributed by atoms with Crippen molar-refractivity contribution in [3.8, 4) is 0 Å². The second-order valence-electron chi connectivity index (χ2n) is 5.41. The fraction of sp³-hybridized carbons (Fsp3) is 0.438. The van der Waals surface area contributed by atoms with E-state index in [1.54, 1.807) is 0 Å². The SMILES string of the molecule is CC(NC(=O)CC1COCCN1)c1cc2ccccc2o1.Cl. The summed E-state index contributed by atoms with van der Waals surface area (Å²) in [5.41, 5.74) is 0.843. The van der Waals surface area contributed by atoms with Gasteiger partial charge < -0.3 is 19.8 Å². The molecule has 1 amide bonds. The van der Waals surface area contributed by atoms with E-state index in [1.807, 2.05) is 37.3 Å². The minimum absolute atomic E-state index is 0. The lowest BCUT2D eigenvalue weighted by atomic mass is 10.1. The van der Waals surface area contributed by atoms with Crippen LogP contribution in [0.4, 0.5) is 0 Å². The number of hydrogen-bond acceptors (Lipinski definition) is 4. The Bertz CT molecular complexity index is 590. The highest BCUT2D eigenvalue weighted by Crippen LogP contribution is 2.23. The third-order valence-corrected chi connectivity index (χ3v) is 3.68. The number of furan rings is 1. The number of halogens is 1. The number of rotatable bonds is 4. The van der Waals surface area contributed by atoms with Gasteiger partial charge in [0.25, 0.3) is 0 Å². The largest absolute Gasteiger partial charge is 0.459 e. The van der Waals surface area contributed by atoms with Crippen molar-refractivity contribution in [3.63, 3.8) is 0 Å². The highest BCUT2D eigenvalue weighted by atomic mass is 35.5. The summed E-state index contributed by atoms with van der Waals surface area (Å²) in [6, 6.07) is 9.77. The lowest BCUT2D eigenvalue weighted by molar-refractivity contribution is -0.123. The molecular weight excluding hydrogens is 304 g/mol. The third-order valence-electron chi connectivity index (χ3n) is 3.68. The van der Waals surface area contributed by atoms with Crippen LogP contribution in [0.3, 0.4) is 0 Å². The first-order chi connectivity index (χ1) is 10.2. The van der Waals surface area contributed by atoms with Crippen molar-refractivity contribution in [1.29, 1.82) is 0 Å². The topological polar surface area (TPSA) is 63.5 Å². The molecule has 3 rings (SSSR count). The maximum atomic E-state index is 12.1. The predicted molar refractivity (Wildman–Crippen MR) is 87.2 cm³/mol. The Morgan fingerprint density at radius 2 is 2.27 bits per heavy atom. The van der Waals surface area contributed by atoms with Crippen LogP contribution in [0.25, 0.3) is 11.0 Å². The van der Waals surface area contributed by atoms with Gasteiger partial charge in [0.05, 0.1) is 19.3 Å². The molecule has 2 atom stereocenters. The van der Waals surface area contributed by atoms with E-state index in [0.29, 0.717) is 19.6 Å².